The van der Waals surface area contributed by atoms with Crippen molar-refractivity contribution in [1.29, 1.82) is 5.26 Å². The Morgan fingerprint density at radius 2 is 2.53 bits per heavy atom. The number of aryl methyl sites for hydroxylation is 1. The summed E-state index contributed by atoms with van der Waals surface area (Å²) < 4.78 is 1.55. The van der Waals surface area contributed by atoms with E-state index in [0.717, 1.165) is 6.42 Å². The number of hydrogen-bond acceptors (Lipinski definition) is 3. The smallest absolute Gasteiger partial charge is 0.255 e. The number of carbonyl (C=O) groups is 1. The van der Waals surface area contributed by atoms with Crippen molar-refractivity contribution < 1.29 is 4.79 Å². The monoisotopic (exact) mass is 206 g/mol. The van der Waals surface area contributed by atoms with Gasteiger partial charge in [-0.15, -0.1) is 0 Å². The van der Waals surface area contributed by atoms with Crippen LogP contribution >= 0.6 is 0 Å². The van der Waals surface area contributed by atoms with Crippen LogP contribution in [-0.4, -0.2) is 21.7 Å². The Balaban J connectivity index is 2.59. The topological polar surface area (TPSA) is 70.7 Å². The van der Waals surface area contributed by atoms with E-state index in [2.05, 4.69) is 16.5 Å². The molecule has 5 nitrogen and oxygen atoms in total. The Kier molecular flexibility index (Phi) is 3.86. The zero-order chi connectivity index (χ0) is 11.3. The van der Waals surface area contributed by atoms with Gasteiger partial charge >= 0.3 is 0 Å². The third kappa shape index (κ3) is 3.09. The highest BCUT2D eigenvalue weighted by molar-refractivity contribution is 5.94. The van der Waals surface area contributed by atoms with Gasteiger partial charge in [0.15, 0.2) is 0 Å². The van der Waals surface area contributed by atoms with E-state index in [9.17, 15) is 4.79 Å². The average Bonchev–Trinajstić information content (AvgIpc) is 2.64. The van der Waals surface area contributed by atoms with Gasteiger partial charge in [-0.25, -0.2) is 0 Å². The van der Waals surface area contributed by atoms with Crippen molar-refractivity contribution in [3.8, 4) is 6.07 Å². The molecule has 80 valence electrons. The molecule has 0 spiro atoms. The number of hydrogen-bond donors (Lipinski definition) is 1. The Labute approximate surface area is 88.7 Å². The van der Waals surface area contributed by atoms with E-state index in [1.165, 1.54) is 6.20 Å². The lowest BCUT2D eigenvalue weighted by molar-refractivity contribution is 0.0944. The number of rotatable bonds is 4. The number of aromatic nitrogens is 2. The lowest BCUT2D eigenvalue weighted by Gasteiger charge is -2.08. The van der Waals surface area contributed by atoms with Gasteiger partial charge in [0.25, 0.3) is 5.91 Å². The first-order chi connectivity index (χ1) is 7.17. The number of nitriles is 1. The molecule has 0 bridgehead atoms. The zero-order valence-electron chi connectivity index (χ0n) is 8.90. The molecule has 0 unspecified atom stereocenters. The molecule has 1 rings (SSSR count). The maximum Gasteiger partial charge on any atom is 0.255 e. The van der Waals surface area contributed by atoms with Gasteiger partial charge in [-0.2, -0.15) is 10.4 Å². The van der Waals surface area contributed by atoms with Gasteiger partial charge in [-0.05, 0) is 6.42 Å². The molecule has 0 fully saturated rings. The maximum absolute atomic E-state index is 11.6. The Morgan fingerprint density at radius 3 is 3.00 bits per heavy atom. The molecule has 1 heterocycles. The number of amides is 1. The number of carbonyl (C=O) groups excluding carboxylic acids is 1. The molecule has 1 aromatic rings. The van der Waals surface area contributed by atoms with Crippen LogP contribution in [0.2, 0.25) is 0 Å². The standard InChI is InChI=1S/C10H14N4O/c1-3-4-9(5-11)13-10(15)8-6-12-14(2)7-8/h6-7,9H,3-4H2,1-2H3,(H,13,15)/t9-/m1/s1. The third-order valence-electron chi connectivity index (χ3n) is 2.01. The van der Waals surface area contributed by atoms with E-state index in [1.807, 2.05) is 6.92 Å². The summed E-state index contributed by atoms with van der Waals surface area (Å²) in [5.74, 6) is -0.247. The molecule has 0 aliphatic rings. The van der Waals surface area contributed by atoms with Crippen LogP contribution in [-0.2, 0) is 7.05 Å². The number of nitrogens with zero attached hydrogens (tertiary/aromatic N) is 3. The molecule has 5 heteroatoms. The highest BCUT2D eigenvalue weighted by Gasteiger charge is 2.13. The second kappa shape index (κ2) is 5.15. The van der Waals surface area contributed by atoms with Crippen LogP contribution in [0.15, 0.2) is 12.4 Å². The molecular formula is C10H14N4O. The van der Waals surface area contributed by atoms with Crippen molar-refractivity contribution in [3.05, 3.63) is 18.0 Å². The summed E-state index contributed by atoms with van der Waals surface area (Å²) >= 11 is 0. The summed E-state index contributed by atoms with van der Waals surface area (Å²) in [4.78, 5) is 11.6. The summed E-state index contributed by atoms with van der Waals surface area (Å²) in [6.45, 7) is 1.97. The van der Waals surface area contributed by atoms with Gasteiger partial charge in [0.1, 0.15) is 6.04 Å². The number of nitrogens with one attached hydrogen (secondary N) is 1. The van der Waals surface area contributed by atoms with Gasteiger partial charge in [-0.1, -0.05) is 13.3 Å². The van der Waals surface area contributed by atoms with Crippen molar-refractivity contribution in [2.75, 3.05) is 0 Å². The van der Waals surface area contributed by atoms with Crippen LogP contribution in [0.3, 0.4) is 0 Å². The van der Waals surface area contributed by atoms with Gasteiger partial charge in [0.05, 0.1) is 17.8 Å². The molecule has 1 aromatic heterocycles. The fourth-order valence-electron chi connectivity index (χ4n) is 1.24. The molecule has 0 aliphatic heterocycles. The van der Waals surface area contributed by atoms with Crippen LogP contribution in [0.1, 0.15) is 30.1 Å². The van der Waals surface area contributed by atoms with Crippen LogP contribution < -0.4 is 5.32 Å². The van der Waals surface area contributed by atoms with Crippen molar-refractivity contribution in [1.82, 2.24) is 15.1 Å². The molecule has 0 saturated carbocycles. The van der Waals surface area contributed by atoms with Gasteiger partial charge in [0.2, 0.25) is 0 Å². The quantitative estimate of drug-likeness (QED) is 0.793. The summed E-state index contributed by atoms with van der Waals surface area (Å²) in [5.41, 5.74) is 0.480. The maximum atomic E-state index is 11.6. The Hall–Kier alpha value is -1.83. The minimum absolute atomic E-state index is 0.247. The summed E-state index contributed by atoms with van der Waals surface area (Å²) in [5, 5.41) is 15.3. The van der Waals surface area contributed by atoms with E-state index in [-0.39, 0.29) is 5.91 Å². The van der Waals surface area contributed by atoms with E-state index >= 15 is 0 Å². The molecule has 0 aliphatic carbocycles. The SMILES string of the molecule is CCC[C@H](C#N)NC(=O)c1cnn(C)c1. The molecule has 0 aromatic carbocycles. The van der Waals surface area contributed by atoms with Gasteiger partial charge in [0, 0.05) is 13.2 Å². The van der Waals surface area contributed by atoms with Crippen molar-refractivity contribution in [2.24, 2.45) is 7.05 Å². The molecule has 1 atom stereocenters. The van der Waals surface area contributed by atoms with E-state index in [0.29, 0.717) is 12.0 Å². The molecule has 15 heavy (non-hydrogen) atoms. The highest BCUT2D eigenvalue weighted by Crippen LogP contribution is 2.00. The van der Waals surface area contributed by atoms with Crippen molar-refractivity contribution in [2.45, 2.75) is 25.8 Å². The van der Waals surface area contributed by atoms with Crippen molar-refractivity contribution in [3.63, 3.8) is 0 Å². The first-order valence-electron chi connectivity index (χ1n) is 4.86. The van der Waals surface area contributed by atoms with Crippen LogP contribution in [0.5, 0.6) is 0 Å². The van der Waals surface area contributed by atoms with Crippen LogP contribution in [0, 0.1) is 11.3 Å². The Morgan fingerprint density at radius 1 is 1.80 bits per heavy atom. The molecule has 1 N–H and O–H groups in total. The first-order valence-corrected chi connectivity index (χ1v) is 4.86. The van der Waals surface area contributed by atoms with Crippen molar-refractivity contribution >= 4 is 5.91 Å². The van der Waals surface area contributed by atoms with Crippen LogP contribution in [0.25, 0.3) is 0 Å². The second-order valence-electron chi connectivity index (χ2n) is 3.35. The Bertz CT molecular complexity index is 377. The first kappa shape index (κ1) is 11.2. The molecular weight excluding hydrogens is 192 g/mol. The summed E-state index contributed by atoms with van der Waals surface area (Å²) in [7, 11) is 1.74. The fraction of sp³-hybridized carbons (Fsp3) is 0.500. The fourth-order valence-corrected chi connectivity index (χ4v) is 1.24. The normalized spacial score (nSPS) is 11.8. The van der Waals surface area contributed by atoms with E-state index in [4.69, 9.17) is 5.26 Å². The largest absolute Gasteiger partial charge is 0.336 e. The summed E-state index contributed by atoms with van der Waals surface area (Å²) in [6.07, 6.45) is 4.64. The highest BCUT2D eigenvalue weighted by atomic mass is 16.1. The minimum Gasteiger partial charge on any atom is -0.336 e. The molecule has 1 amide bonds. The minimum atomic E-state index is -0.414. The predicted molar refractivity (Wildman–Crippen MR) is 55.0 cm³/mol. The van der Waals surface area contributed by atoms with Gasteiger partial charge in [-0.3, -0.25) is 9.48 Å². The average molecular weight is 206 g/mol. The zero-order valence-corrected chi connectivity index (χ0v) is 8.90. The molecule has 0 saturated heterocycles. The third-order valence-corrected chi connectivity index (χ3v) is 2.01. The predicted octanol–water partition coefficient (Wildman–Crippen LogP) is 0.842. The molecule has 0 radical (unpaired) electrons. The van der Waals surface area contributed by atoms with E-state index < -0.39 is 6.04 Å². The summed E-state index contributed by atoms with van der Waals surface area (Å²) in [6, 6.07) is 1.64. The van der Waals surface area contributed by atoms with Crippen LogP contribution in [0.4, 0.5) is 0 Å². The lowest BCUT2D eigenvalue weighted by Crippen LogP contribution is -2.33. The van der Waals surface area contributed by atoms with E-state index in [1.54, 1.807) is 17.9 Å². The second-order valence-corrected chi connectivity index (χ2v) is 3.35. The van der Waals surface area contributed by atoms with Gasteiger partial charge < -0.3 is 5.32 Å². The lowest BCUT2D eigenvalue weighted by atomic mass is 10.2.